The Hall–Kier alpha value is -2.24. The van der Waals surface area contributed by atoms with E-state index in [0.29, 0.717) is 11.1 Å². The van der Waals surface area contributed by atoms with Crippen molar-refractivity contribution in [3.63, 3.8) is 0 Å². The maximum Gasteiger partial charge on any atom is 0.390 e. The second kappa shape index (κ2) is 3.41. The molecule has 0 atom stereocenters. The van der Waals surface area contributed by atoms with Gasteiger partial charge in [-0.25, -0.2) is 0 Å². The monoisotopic (exact) mass is 219 g/mol. The van der Waals surface area contributed by atoms with Crippen molar-refractivity contribution in [2.45, 2.75) is 13.8 Å². The van der Waals surface area contributed by atoms with E-state index in [1.54, 1.807) is 25.3 Å². The van der Waals surface area contributed by atoms with E-state index in [1.165, 1.54) is 11.3 Å². The Labute approximate surface area is 90.7 Å². The third-order valence-corrected chi connectivity index (χ3v) is 2.34. The molecular weight excluding hydrogens is 210 g/mol. The van der Waals surface area contributed by atoms with Gasteiger partial charge >= 0.3 is 5.82 Å². The number of rotatable bonds is 2. The highest BCUT2D eigenvalue weighted by Crippen LogP contribution is 2.23. The summed E-state index contributed by atoms with van der Waals surface area (Å²) in [5.41, 5.74) is 1.09. The molecule has 82 valence electrons. The molecule has 0 amide bonds. The molecule has 0 unspecified atom stereocenters. The first kappa shape index (κ1) is 10.3. The molecule has 6 heteroatoms. The Morgan fingerprint density at radius 2 is 2.25 bits per heavy atom. The summed E-state index contributed by atoms with van der Waals surface area (Å²) in [6.07, 6.45) is 1.60. The molecule has 0 aliphatic heterocycles. The van der Waals surface area contributed by atoms with Gasteiger partial charge in [0.05, 0.1) is 0 Å². The van der Waals surface area contributed by atoms with Crippen LogP contribution in [0.15, 0.2) is 18.3 Å². The van der Waals surface area contributed by atoms with Crippen molar-refractivity contribution in [3.8, 4) is 0 Å². The van der Waals surface area contributed by atoms with E-state index in [4.69, 9.17) is 0 Å². The van der Waals surface area contributed by atoms with Crippen LogP contribution < -0.4 is 0 Å². The van der Waals surface area contributed by atoms with Gasteiger partial charge in [0.15, 0.2) is 5.52 Å². The third kappa shape index (κ3) is 1.35. The first-order chi connectivity index (χ1) is 7.52. The molecule has 0 saturated heterocycles. The molecule has 0 aromatic carbocycles. The van der Waals surface area contributed by atoms with Gasteiger partial charge in [-0.2, -0.15) is 0 Å². The molecule has 2 aromatic rings. The van der Waals surface area contributed by atoms with Crippen LogP contribution in [0.4, 0.5) is 5.82 Å². The number of nitrogens with zero attached hydrogens (tertiary/aromatic N) is 3. The van der Waals surface area contributed by atoms with E-state index in [2.05, 4.69) is 4.98 Å². The summed E-state index contributed by atoms with van der Waals surface area (Å²) in [4.78, 5) is 25.3. The van der Waals surface area contributed by atoms with Crippen molar-refractivity contribution in [3.05, 3.63) is 39.8 Å². The largest absolute Gasteiger partial charge is 0.390 e. The normalized spacial score (nSPS) is 10.6. The highest BCUT2D eigenvalue weighted by molar-refractivity contribution is 5.93. The van der Waals surface area contributed by atoms with Crippen LogP contribution in [0, 0.1) is 17.0 Å². The van der Waals surface area contributed by atoms with Gasteiger partial charge in [-0.15, -0.1) is 0 Å². The number of carbonyl (C=O) groups excluding carboxylic acids is 1. The number of carbonyl (C=O) groups is 1. The lowest BCUT2D eigenvalue weighted by Gasteiger charge is -1.97. The average Bonchev–Trinajstić information content (AvgIpc) is 2.58. The molecule has 0 saturated carbocycles. The average molecular weight is 219 g/mol. The maximum absolute atomic E-state index is 11.3. The summed E-state index contributed by atoms with van der Waals surface area (Å²) in [7, 11) is 0. The molecule has 0 bridgehead atoms. The first-order valence-electron chi connectivity index (χ1n) is 4.65. The molecule has 6 nitrogen and oxygen atoms in total. The summed E-state index contributed by atoms with van der Waals surface area (Å²) in [6.45, 7) is 3.08. The van der Waals surface area contributed by atoms with Gasteiger partial charge in [-0.1, -0.05) is 6.07 Å². The van der Waals surface area contributed by atoms with Gasteiger partial charge in [0.1, 0.15) is 0 Å². The number of pyridine rings is 1. The van der Waals surface area contributed by atoms with Gasteiger partial charge in [0.25, 0.3) is 5.82 Å². The van der Waals surface area contributed by atoms with Crippen LogP contribution in [0.25, 0.3) is 5.52 Å². The number of fused-ring (bicyclic) bond motifs is 1. The summed E-state index contributed by atoms with van der Waals surface area (Å²) in [5, 5.41) is 10.8. The predicted molar refractivity (Wildman–Crippen MR) is 56.6 cm³/mol. The van der Waals surface area contributed by atoms with Crippen molar-refractivity contribution in [1.82, 2.24) is 9.38 Å². The van der Waals surface area contributed by atoms with E-state index in [-0.39, 0.29) is 17.4 Å². The lowest BCUT2D eigenvalue weighted by atomic mass is 10.2. The molecule has 0 N–H and O–H groups in total. The van der Waals surface area contributed by atoms with Gasteiger partial charge < -0.3 is 10.1 Å². The summed E-state index contributed by atoms with van der Waals surface area (Å²) in [5.74, 6) is -0.484. The quantitative estimate of drug-likeness (QED) is 0.438. The van der Waals surface area contributed by atoms with Gasteiger partial charge in [0.2, 0.25) is 5.78 Å². The number of aromatic nitrogens is 2. The minimum Gasteiger partial charge on any atom is -0.358 e. The van der Waals surface area contributed by atoms with Crippen molar-refractivity contribution < 1.29 is 9.72 Å². The third-order valence-electron chi connectivity index (χ3n) is 2.34. The summed E-state index contributed by atoms with van der Waals surface area (Å²) < 4.78 is 1.45. The van der Waals surface area contributed by atoms with Crippen LogP contribution in [0.2, 0.25) is 0 Å². The number of ketones is 1. The molecule has 2 heterocycles. The van der Waals surface area contributed by atoms with E-state index < -0.39 is 4.92 Å². The highest BCUT2D eigenvalue weighted by atomic mass is 16.6. The smallest absolute Gasteiger partial charge is 0.358 e. The number of hydrogen-bond donors (Lipinski definition) is 0. The second-order valence-electron chi connectivity index (χ2n) is 3.48. The Morgan fingerprint density at radius 3 is 2.81 bits per heavy atom. The van der Waals surface area contributed by atoms with Crippen LogP contribution in [-0.2, 0) is 0 Å². The van der Waals surface area contributed by atoms with E-state index in [9.17, 15) is 14.9 Å². The Balaban J connectivity index is 2.93. The molecule has 16 heavy (non-hydrogen) atoms. The number of hydrogen-bond acceptors (Lipinski definition) is 4. The van der Waals surface area contributed by atoms with E-state index in [1.807, 2.05) is 0 Å². The zero-order valence-corrected chi connectivity index (χ0v) is 8.80. The SMILES string of the molecule is CC(=O)c1nc([N+](=O)[O-])c2c(C)cccn12. The van der Waals surface area contributed by atoms with Crippen LogP contribution in [0.1, 0.15) is 23.1 Å². The molecular formula is C10H9N3O3. The molecule has 2 aromatic heterocycles. The standard InChI is InChI=1S/C10H9N3O3/c1-6-4-3-5-12-8(6)10(13(15)16)11-9(12)7(2)14/h3-5H,1-2H3. The molecule has 0 aliphatic rings. The molecule has 0 fully saturated rings. The molecule has 0 aliphatic carbocycles. The van der Waals surface area contributed by atoms with Gasteiger partial charge in [-0.3, -0.25) is 9.20 Å². The minimum atomic E-state index is -0.575. The minimum absolute atomic E-state index is 0.0883. The summed E-state index contributed by atoms with van der Waals surface area (Å²) >= 11 is 0. The number of nitro groups is 1. The van der Waals surface area contributed by atoms with Crippen molar-refractivity contribution >= 4 is 17.1 Å². The fourth-order valence-corrected chi connectivity index (χ4v) is 1.66. The predicted octanol–water partition coefficient (Wildman–Crippen LogP) is 1.75. The summed E-state index contributed by atoms with van der Waals surface area (Å²) in [6, 6.07) is 3.47. The maximum atomic E-state index is 11.3. The fourth-order valence-electron chi connectivity index (χ4n) is 1.66. The zero-order chi connectivity index (χ0) is 11.9. The highest BCUT2D eigenvalue weighted by Gasteiger charge is 2.25. The molecule has 0 radical (unpaired) electrons. The number of imidazole rings is 1. The van der Waals surface area contributed by atoms with E-state index in [0.717, 1.165) is 0 Å². The van der Waals surface area contributed by atoms with Crippen LogP contribution in [0.5, 0.6) is 0 Å². The first-order valence-corrected chi connectivity index (χ1v) is 4.65. The van der Waals surface area contributed by atoms with Crippen molar-refractivity contribution in [2.75, 3.05) is 0 Å². The Bertz CT molecular complexity index is 601. The topological polar surface area (TPSA) is 77.5 Å². The Morgan fingerprint density at radius 1 is 1.56 bits per heavy atom. The Kier molecular flexibility index (Phi) is 2.19. The second-order valence-corrected chi connectivity index (χ2v) is 3.48. The fraction of sp³-hybridized carbons (Fsp3) is 0.200. The number of Topliss-reactive ketones (excluding diaryl/α,β-unsaturated/α-hetero) is 1. The van der Waals surface area contributed by atoms with Gasteiger partial charge in [0, 0.05) is 13.1 Å². The molecule has 2 rings (SSSR count). The van der Waals surface area contributed by atoms with Crippen LogP contribution in [0.3, 0.4) is 0 Å². The van der Waals surface area contributed by atoms with Crippen molar-refractivity contribution in [2.24, 2.45) is 0 Å². The number of aryl methyl sites for hydroxylation is 1. The van der Waals surface area contributed by atoms with Crippen LogP contribution in [-0.4, -0.2) is 20.1 Å². The molecule has 0 spiro atoms. The lowest BCUT2D eigenvalue weighted by molar-refractivity contribution is -0.387. The van der Waals surface area contributed by atoms with Gasteiger partial charge in [-0.05, 0) is 28.5 Å². The van der Waals surface area contributed by atoms with Crippen LogP contribution >= 0.6 is 0 Å². The van der Waals surface area contributed by atoms with Crippen molar-refractivity contribution in [1.29, 1.82) is 0 Å². The lowest BCUT2D eigenvalue weighted by Crippen LogP contribution is -2.00. The zero-order valence-electron chi connectivity index (χ0n) is 8.80. The van der Waals surface area contributed by atoms with E-state index >= 15 is 0 Å².